The Morgan fingerprint density at radius 1 is 1.28 bits per heavy atom. The topological polar surface area (TPSA) is 54.4 Å². The predicted molar refractivity (Wildman–Crippen MR) is 96.9 cm³/mol. The summed E-state index contributed by atoms with van der Waals surface area (Å²) < 4.78 is 0. The van der Waals surface area contributed by atoms with Crippen molar-refractivity contribution in [3.8, 4) is 0 Å². The first-order valence-electron chi connectivity index (χ1n) is 10.1. The molecule has 3 heteroatoms. The normalized spacial score (nSPS) is 52.0. The van der Waals surface area contributed by atoms with E-state index in [9.17, 15) is 14.7 Å². The summed E-state index contributed by atoms with van der Waals surface area (Å²) in [4.78, 5) is 24.4. The lowest BCUT2D eigenvalue weighted by Gasteiger charge is -2.56. The maximum Gasteiger partial charge on any atom is 0.162 e. The molecule has 0 amide bonds. The summed E-state index contributed by atoms with van der Waals surface area (Å²) in [6.45, 7) is 8.14. The molecule has 3 nitrogen and oxygen atoms in total. The molecule has 0 aromatic heterocycles. The predicted octanol–water partition coefficient (Wildman–Crippen LogP) is 4.08. The molecule has 0 aliphatic heterocycles. The minimum absolute atomic E-state index is 0.0196. The molecular formula is C22H32O3. The largest absolute Gasteiger partial charge is 0.381 e. The van der Waals surface area contributed by atoms with Crippen LogP contribution in [-0.2, 0) is 9.59 Å². The van der Waals surface area contributed by atoms with Crippen LogP contribution in [0.15, 0.2) is 11.6 Å². The zero-order chi connectivity index (χ0) is 18.2. The van der Waals surface area contributed by atoms with E-state index in [0.717, 1.165) is 38.5 Å². The second kappa shape index (κ2) is 5.28. The maximum atomic E-state index is 12.4. The second-order valence-corrected chi connectivity index (χ2v) is 9.89. The molecule has 0 bridgehead atoms. The fraction of sp³-hybridized carbons (Fsp3) is 0.818. The van der Waals surface area contributed by atoms with Crippen molar-refractivity contribution in [2.45, 2.75) is 78.2 Å². The minimum atomic E-state index is -1.19. The molecule has 4 aliphatic rings. The highest BCUT2D eigenvalue weighted by Gasteiger charge is 2.66. The molecule has 25 heavy (non-hydrogen) atoms. The first-order valence-corrected chi connectivity index (χ1v) is 10.1. The molecule has 0 aromatic carbocycles. The molecular weight excluding hydrogens is 312 g/mol. The molecule has 0 heterocycles. The Morgan fingerprint density at radius 3 is 2.68 bits per heavy atom. The lowest BCUT2D eigenvalue weighted by molar-refractivity contribution is -0.156. The molecule has 7 atom stereocenters. The van der Waals surface area contributed by atoms with Crippen LogP contribution in [0.4, 0.5) is 0 Å². The van der Waals surface area contributed by atoms with E-state index in [-0.39, 0.29) is 22.5 Å². The molecule has 0 aromatic rings. The third-order valence-corrected chi connectivity index (χ3v) is 8.96. The van der Waals surface area contributed by atoms with Crippen LogP contribution in [-0.4, -0.2) is 22.3 Å². The quantitative estimate of drug-likeness (QED) is 0.729. The summed E-state index contributed by atoms with van der Waals surface area (Å²) >= 11 is 0. The van der Waals surface area contributed by atoms with E-state index in [1.165, 1.54) is 0 Å². The fourth-order valence-electron chi connectivity index (χ4n) is 7.41. The lowest BCUT2D eigenvalue weighted by atomic mass is 9.48. The van der Waals surface area contributed by atoms with Crippen molar-refractivity contribution in [2.75, 3.05) is 0 Å². The van der Waals surface area contributed by atoms with Gasteiger partial charge in [-0.2, -0.15) is 0 Å². The van der Waals surface area contributed by atoms with Gasteiger partial charge in [0.25, 0.3) is 0 Å². The van der Waals surface area contributed by atoms with E-state index in [1.54, 1.807) is 12.5 Å². The fourth-order valence-corrected chi connectivity index (χ4v) is 7.41. The molecule has 0 radical (unpaired) electrons. The SMILES string of the molecule is CC(=O)[C@@]1(O)[C@@H](C)C[C@H]2[C@@H]3CC[C@@H]4CC(=O)CC[C@]4(C)C3=CC[C@@]21C. The van der Waals surface area contributed by atoms with Gasteiger partial charge in [0.05, 0.1) is 0 Å². The van der Waals surface area contributed by atoms with Crippen LogP contribution in [0, 0.1) is 34.5 Å². The monoisotopic (exact) mass is 344 g/mol. The Labute approximate surface area is 151 Å². The van der Waals surface area contributed by atoms with Crippen molar-refractivity contribution in [2.24, 2.45) is 34.5 Å². The number of Topliss-reactive ketones (excluding diaryl/α,β-unsaturated/α-hetero) is 2. The number of carbonyl (C=O) groups excluding carboxylic acids is 2. The smallest absolute Gasteiger partial charge is 0.162 e. The number of fused-ring (bicyclic) bond motifs is 5. The van der Waals surface area contributed by atoms with Gasteiger partial charge in [0.2, 0.25) is 0 Å². The molecule has 0 saturated heterocycles. The van der Waals surface area contributed by atoms with Gasteiger partial charge in [-0.05, 0) is 68.1 Å². The summed E-state index contributed by atoms with van der Waals surface area (Å²) in [5.74, 6) is 1.74. The number of rotatable bonds is 1. The van der Waals surface area contributed by atoms with Gasteiger partial charge in [-0.3, -0.25) is 9.59 Å². The van der Waals surface area contributed by atoms with Crippen LogP contribution in [0.3, 0.4) is 0 Å². The molecule has 0 spiro atoms. The summed E-state index contributed by atoms with van der Waals surface area (Å²) in [5.41, 5.74) is 0.164. The van der Waals surface area contributed by atoms with Crippen molar-refractivity contribution < 1.29 is 14.7 Å². The molecule has 3 fully saturated rings. The number of allylic oxidation sites excluding steroid dienone is 2. The van der Waals surface area contributed by atoms with Gasteiger partial charge in [0.1, 0.15) is 11.4 Å². The van der Waals surface area contributed by atoms with E-state index < -0.39 is 5.60 Å². The summed E-state index contributed by atoms with van der Waals surface area (Å²) in [5, 5.41) is 11.4. The lowest BCUT2D eigenvalue weighted by Crippen LogP contribution is -2.56. The molecule has 1 N–H and O–H groups in total. The first-order chi connectivity index (χ1) is 11.6. The average Bonchev–Trinajstić information content (AvgIpc) is 2.77. The van der Waals surface area contributed by atoms with Gasteiger partial charge < -0.3 is 5.11 Å². The molecule has 138 valence electrons. The summed E-state index contributed by atoms with van der Waals surface area (Å²) in [7, 11) is 0. The van der Waals surface area contributed by atoms with Crippen molar-refractivity contribution in [1.29, 1.82) is 0 Å². The average molecular weight is 344 g/mol. The van der Waals surface area contributed by atoms with E-state index in [2.05, 4.69) is 26.8 Å². The Bertz CT molecular complexity index is 664. The number of hydrogen-bond donors (Lipinski definition) is 1. The van der Waals surface area contributed by atoms with Crippen LogP contribution < -0.4 is 0 Å². The van der Waals surface area contributed by atoms with E-state index >= 15 is 0 Å². The Balaban J connectivity index is 1.75. The highest BCUT2D eigenvalue weighted by Crippen LogP contribution is 2.67. The summed E-state index contributed by atoms with van der Waals surface area (Å²) in [6.07, 6.45) is 8.77. The minimum Gasteiger partial charge on any atom is -0.381 e. The van der Waals surface area contributed by atoms with Crippen LogP contribution in [0.2, 0.25) is 0 Å². The van der Waals surface area contributed by atoms with Crippen molar-refractivity contribution in [3.63, 3.8) is 0 Å². The van der Waals surface area contributed by atoms with Crippen molar-refractivity contribution >= 4 is 11.6 Å². The van der Waals surface area contributed by atoms with E-state index in [1.807, 2.05) is 0 Å². The number of hydrogen-bond acceptors (Lipinski definition) is 3. The molecule has 3 saturated carbocycles. The number of ketones is 2. The Morgan fingerprint density at radius 2 is 2.00 bits per heavy atom. The highest BCUT2D eigenvalue weighted by atomic mass is 16.3. The third kappa shape index (κ3) is 2.02. The Kier molecular flexibility index (Phi) is 3.69. The molecule has 4 aliphatic carbocycles. The van der Waals surface area contributed by atoms with Gasteiger partial charge in [-0.15, -0.1) is 0 Å². The van der Waals surface area contributed by atoms with Gasteiger partial charge in [-0.1, -0.05) is 32.4 Å². The van der Waals surface area contributed by atoms with Crippen molar-refractivity contribution in [3.05, 3.63) is 11.6 Å². The number of aliphatic hydroxyl groups is 1. The van der Waals surface area contributed by atoms with Crippen LogP contribution in [0.5, 0.6) is 0 Å². The van der Waals surface area contributed by atoms with Crippen LogP contribution >= 0.6 is 0 Å². The standard InChI is InChI=1S/C22H32O3/c1-13-11-19-17-6-5-15-12-16(24)7-9-20(15,3)18(17)8-10-21(19,4)22(13,25)14(2)23/h8,13,15,17,19,25H,5-7,9-12H2,1-4H3/t13-,15+,17+,19-,20-,21-,22-/m0/s1. The Hall–Kier alpha value is -0.960. The van der Waals surface area contributed by atoms with Crippen LogP contribution in [0.25, 0.3) is 0 Å². The first kappa shape index (κ1) is 17.5. The zero-order valence-electron chi connectivity index (χ0n) is 16.1. The highest BCUT2D eigenvalue weighted by molar-refractivity contribution is 5.87. The van der Waals surface area contributed by atoms with E-state index in [4.69, 9.17) is 0 Å². The van der Waals surface area contributed by atoms with Crippen LogP contribution in [0.1, 0.15) is 72.6 Å². The van der Waals surface area contributed by atoms with Gasteiger partial charge in [-0.25, -0.2) is 0 Å². The maximum absolute atomic E-state index is 12.4. The van der Waals surface area contributed by atoms with E-state index in [0.29, 0.717) is 30.0 Å². The molecule has 0 unspecified atom stereocenters. The zero-order valence-corrected chi connectivity index (χ0v) is 16.1. The molecule has 4 rings (SSSR count). The summed E-state index contributed by atoms with van der Waals surface area (Å²) in [6, 6.07) is 0. The second-order valence-electron chi connectivity index (χ2n) is 9.89. The third-order valence-electron chi connectivity index (χ3n) is 8.96. The number of carbonyl (C=O) groups is 2. The van der Waals surface area contributed by atoms with Gasteiger partial charge in [0.15, 0.2) is 5.78 Å². The van der Waals surface area contributed by atoms with Gasteiger partial charge in [0, 0.05) is 18.3 Å². The van der Waals surface area contributed by atoms with Crippen molar-refractivity contribution in [1.82, 2.24) is 0 Å². The van der Waals surface area contributed by atoms with Gasteiger partial charge >= 0.3 is 0 Å².